The third-order valence-corrected chi connectivity index (χ3v) is 0. The zero-order chi connectivity index (χ0) is 5.41. The fourth-order valence-corrected chi connectivity index (χ4v) is 0. The molecule has 0 aromatic heterocycles. The van der Waals surface area contributed by atoms with Crippen LogP contribution in [-0.2, 0) is 4.79 Å². The van der Waals surface area contributed by atoms with E-state index in [1.54, 1.807) is 6.92 Å². The Balaban J connectivity index is -0.0000000400. The number of carbonyl (C=O) groups excluding carboxylic acids is 1. The van der Waals surface area contributed by atoms with Gasteiger partial charge in [-0.05, 0) is 0 Å². The molecular formula is C3H6MgO3. The van der Waals surface area contributed by atoms with Gasteiger partial charge in [0, 0.05) is 6.47 Å². The molecule has 0 saturated carbocycles. The second-order valence-corrected chi connectivity index (χ2v) is 0.385. The average molecular weight is 114 g/mol. The molecule has 0 spiro atoms. The topological polar surface area (TPSA) is 63.2 Å². The number of rotatable bonds is 0. The van der Waals surface area contributed by atoms with Crippen LogP contribution in [0.25, 0.3) is 0 Å². The van der Waals surface area contributed by atoms with Crippen molar-refractivity contribution in [2.24, 2.45) is 0 Å². The zero-order valence-corrected chi connectivity index (χ0v) is 5.63. The molecule has 38 valence electrons. The fraction of sp³-hybridized carbons (Fsp3) is 0.667. The number of hydrogen-bond acceptors (Lipinski definition) is 3. The summed E-state index contributed by atoms with van der Waals surface area (Å²) in [4.78, 5) is 8.25. The Morgan fingerprint density at radius 3 is 1.71 bits per heavy atom. The molecule has 0 saturated heterocycles. The van der Waals surface area contributed by atoms with Crippen LogP contribution in [0.5, 0.6) is 0 Å². The van der Waals surface area contributed by atoms with Gasteiger partial charge < -0.3 is 15.0 Å². The third-order valence-electron chi connectivity index (χ3n) is 0. The molecule has 0 atom stereocenters. The predicted molar refractivity (Wildman–Crippen MR) is 22.4 cm³/mol. The van der Waals surface area contributed by atoms with Crippen molar-refractivity contribution in [1.29, 1.82) is 0 Å². The maximum absolute atomic E-state index is 8.93. The number of carboxylic acid groups (broad SMARTS) is 1. The summed E-state index contributed by atoms with van der Waals surface area (Å²) in [7, 11) is 0. The molecule has 0 aliphatic carbocycles. The van der Waals surface area contributed by atoms with Gasteiger partial charge in [-0.15, -0.1) is 6.61 Å². The van der Waals surface area contributed by atoms with Crippen molar-refractivity contribution >= 4 is 29.5 Å². The molecule has 0 aromatic carbocycles. The van der Waals surface area contributed by atoms with Gasteiger partial charge in [-0.25, -0.2) is 0 Å². The smallest absolute Gasteiger partial charge is 0.855 e. The van der Waals surface area contributed by atoms with Crippen LogP contribution in [0.2, 0.25) is 0 Å². The van der Waals surface area contributed by atoms with E-state index in [9.17, 15) is 0 Å². The first-order valence-electron chi connectivity index (χ1n) is 1.47. The van der Waals surface area contributed by atoms with E-state index >= 15 is 0 Å². The van der Waals surface area contributed by atoms with E-state index in [1.165, 1.54) is 0 Å². The fourth-order valence-electron chi connectivity index (χ4n) is 0. The summed E-state index contributed by atoms with van der Waals surface area (Å²) in [5.41, 5.74) is 0. The summed E-state index contributed by atoms with van der Waals surface area (Å²) < 4.78 is 0. The van der Waals surface area contributed by atoms with Crippen molar-refractivity contribution in [3.05, 3.63) is 0 Å². The van der Waals surface area contributed by atoms with Gasteiger partial charge in [-0.1, -0.05) is 6.92 Å². The van der Waals surface area contributed by atoms with Gasteiger partial charge >= 0.3 is 23.1 Å². The molecule has 0 unspecified atom stereocenters. The first-order valence-corrected chi connectivity index (χ1v) is 1.47. The van der Waals surface area contributed by atoms with Gasteiger partial charge in [-0.3, -0.25) is 0 Å². The van der Waals surface area contributed by atoms with E-state index in [0.717, 1.165) is 0 Å². The third kappa shape index (κ3) is 2830. The summed E-state index contributed by atoms with van der Waals surface area (Å²) in [6, 6.07) is 0. The Hall–Kier alpha value is 0.196. The van der Waals surface area contributed by atoms with E-state index in [2.05, 4.69) is 0 Å². The van der Waals surface area contributed by atoms with Crippen LogP contribution in [-0.4, -0.2) is 36.1 Å². The monoisotopic (exact) mass is 114 g/mol. The molecule has 0 aromatic rings. The molecule has 0 fully saturated rings. The minimum absolute atomic E-state index is 0. The Labute approximate surface area is 58.5 Å². The van der Waals surface area contributed by atoms with E-state index in [4.69, 9.17) is 15.0 Å². The number of carbonyl (C=O) groups is 1. The normalized spacial score (nSPS) is 4.29. The van der Waals surface area contributed by atoms with Crippen LogP contribution in [0.15, 0.2) is 0 Å². The van der Waals surface area contributed by atoms with Crippen molar-refractivity contribution in [2.75, 3.05) is 6.61 Å². The van der Waals surface area contributed by atoms with Gasteiger partial charge in [0.05, 0.1) is 0 Å². The second kappa shape index (κ2) is 34.7. The Bertz CT molecular complexity index is 24.1. The molecule has 0 radical (unpaired) electrons. The van der Waals surface area contributed by atoms with Crippen LogP contribution < -0.4 is 10.2 Å². The first-order chi connectivity index (χ1) is 2.83. The molecular weight excluding hydrogens is 108 g/mol. The Morgan fingerprint density at radius 2 is 1.71 bits per heavy atom. The average Bonchev–Trinajstić information content (AvgIpc) is 1.39. The van der Waals surface area contributed by atoms with E-state index in [1.807, 2.05) is 0 Å². The van der Waals surface area contributed by atoms with Gasteiger partial charge in [0.2, 0.25) is 0 Å². The van der Waals surface area contributed by atoms with Crippen molar-refractivity contribution < 1.29 is 15.0 Å². The van der Waals surface area contributed by atoms with E-state index < -0.39 is 6.47 Å². The summed E-state index contributed by atoms with van der Waals surface area (Å²) in [5, 5.41) is 17.2. The number of hydrogen-bond donors (Lipinski definition) is 0. The zero-order valence-electron chi connectivity index (χ0n) is 4.22. The van der Waals surface area contributed by atoms with Gasteiger partial charge in [-0.2, -0.15) is 0 Å². The van der Waals surface area contributed by atoms with Crippen molar-refractivity contribution in [3.63, 3.8) is 0 Å². The van der Waals surface area contributed by atoms with Gasteiger partial charge in [0.15, 0.2) is 0 Å². The molecule has 4 heteroatoms. The minimum atomic E-state index is -0.500. The largest absolute Gasteiger partial charge is 2.00 e. The predicted octanol–water partition coefficient (Wildman–Crippen LogP) is -2.65. The van der Waals surface area contributed by atoms with Crippen molar-refractivity contribution in [1.82, 2.24) is 0 Å². The summed E-state index contributed by atoms with van der Waals surface area (Å²) >= 11 is 0. The van der Waals surface area contributed by atoms with Crippen LogP contribution in [0, 0.1) is 0 Å². The molecule has 7 heavy (non-hydrogen) atoms. The summed E-state index contributed by atoms with van der Waals surface area (Å²) in [6.07, 6.45) is 0. The Morgan fingerprint density at radius 1 is 1.71 bits per heavy atom. The molecule has 0 bridgehead atoms. The Kier molecular flexibility index (Phi) is 77.7. The van der Waals surface area contributed by atoms with Crippen molar-refractivity contribution in [2.45, 2.75) is 6.92 Å². The van der Waals surface area contributed by atoms with Crippen LogP contribution >= 0.6 is 0 Å². The second-order valence-electron chi connectivity index (χ2n) is 0.385. The quantitative estimate of drug-likeness (QED) is 0.255. The molecule has 0 aliphatic rings. The molecule has 0 rings (SSSR count). The first kappa shape index (κ1) is 15.7. The minimum Gasteiger partial charge on any atom is -0.855 e. The summed E-state index contributed by atoms with van der Waals surface area (Å²) in [5.74, 6) is 0. The van der Waals surface area contributed by atoms with E-state index in [-0.39, 0.29) is 29.7 Å². The van der Waals surface area contributed by atoms with Crippen molar-refractivity contribution in [3.8, 4) is 0 Å². The SMILES string of the molecule is CC[O-].O=C[O-].[Mg+2]. The van der Waals surface area contributed by atoms with Crippen LogP contribution in [0.3, 0.4) is 0 Å². The molecule has 3 nitrogen and oxygen atoms in total. The van der Waals surface area contributed by atoms with E-state index in [0.29, 0.717) is 0 Å². The molecule has 0 heterocycles. The molecule has 0 aliphatic heterocycles. The van der Waals surface area contributed by atoms with Crippen LogP contribution in [0.1, 0.15) is 6.92 Å². The molecule has 0 amide bonds. The maximum Gasteiger partial charge on any atom is 2.00 e. The molecule has 0 N–H and O–H groups in total. The maximum atomic E-state index is 8.93. The van der Waals surface area contributed by atoms with Crippen LogP contribution in [0.4, 0.5) is 0 Å². The van der Waals surface area contributed by atoms with Gasteiger partial charge in [0.25, 0.3) is 0 Å². The standard InChI is InChI=1S/C2H5O.CH2O2.Mg/c1-2-3;2-1-3;/h2H2,1H3;1H,(H,2,3);/q-1;;+2/p-1. The van der Waals surface area contributed by atoms with Gasteiger partial charge in [0.1, 0.15) is 0 Å². The summed E-state index contributed by atoms with van der Waals surface area (Å²) in [6.45, 7) is 1.07.